The Kier molecular flexibility index (Phi) is 5.18. The predicted molar refractivity (Wildman–Crippen MR) is 82.6 cm³/mol. The van der Waals surface area contributed by atoms with E-state index in [0.29, 0.717) is 11.5 Å². The van der Waals surface area contributed by atoms with Gasteiger partial charge in [0.1, 0.15) is 0 Å². The number of aryl methyl sites for hydroxylation is 1. The van der Waals surface area contributed by atoms with E-state index in [1.807, 2.05) is 0 Å². The molecule has 5 heteroatoms. The van der Waals surface area contributed by atoms with Gasteiger partial charge in [-0.2, -0.15) is 0 Å². The van der Waals surface area contributed by atoms with Crippen LogP contribution in [0.25, 0.3) is 0 Å². The van der Waals surface area contributed by atoms with E-state index >= 15 is 0 Å². The Morgan fingerprint density at radius 3 is 2.60 bits per heavy atom. The van der Waals surface area contributed by atoms with Crippen LogP contribution in [0, 0.1) is 6.92 Å². The number of hydrogen-bond acceptors (Lipinski definition) is 4. The van der Waals surface area contributed by atoms with Crippen molar-refractivity contribution in [2.24, 2.45) is 0 Å². The molecule has 0 radical (unpaired) electrons. The molecule has 0 aromatic heterocycles. The molecule has 1 unspecified atom stereocenters. The summed E-state index contributed by atoms with van der Waals surface area (Å²) in [5.41, 5.74) is 2.59. The van der Waals surface area contributed by atoms with Crippen molar-refractivity contribution >= 4 is 9.84 Å². The summed E-state index contributed by atoms with van der Waals surface area (Å²) in [6, 6.07) is 8.72. The lowest BCUT2D eigenvalue weighted by atomic mass is 10.1. The SMILES string of the molecule is Cc1ccc(CN(C)CCNC2CCS(=O)(=O)C2)cc1. The minimum absolute atomic E-state index is 0.146. The van der Waals surface area contributed by atoms with E-state index in [1.54, 1.807) is 0 Å². The normalized spacial score (nSPS) is 21.4. The third-order valence-electron chi connectivity index (χ3n) is 3.73. The molecule has 1 aliphatic heterocycles. The van der Waals surface area contributed by atoms with Gasteiger partial charge in [-0.3, -0.25) is 0 Å². The van der Waals surface area contributed by atoms with Crippen molar-refractivity contribution in [3.05, 3.63) is 35.4 Å². The maximum atomic E-state index is 11.4. The van der Waals surface area contributed by atoms with Crippen molar-refractivity contribution in [2.45, 2.75) is 25.9 Å². The van der Waals surface area contributed by atoms with Gasteiger partial charge in [-0.1, -0.05) is 29.8 Å². The van der Waals surface area contributed by atoms with Crippen LogP contribution >= 0.6 is 0 Å². The van der Waals surface area contributed by atoms with E-state index in [4.69, 9.17) is 0 Å². The summed E-state index contributed by atoms with van der Waals surface area (Å²) in [6.45, 7) is 4.77. The van der Waals surface area contributed by atoms with Crippen LogP contribution < -0.4 is 5.32 Å². The molecule has 2 rings (SSSR count). The van der Waals surface area contributed by atoms with Gasteiger partial charge in [0.2, 0.25) is 0 Å². The highest BCUT2D eigenvalue weighted by atomic mass is 32.2. The molecule has 0 bridgehead atoms. The number of hydrogen-bond donors (Lipinski definition) is 1. The molecule has 1 heterocycles. The van der Waals surface area contributed by atoms with Crippen LogP contribution in [0.2, 0.25) is 0 Å². The van der Waals surface area contributed by atoms with E-state index in [1.165, 1.54) is 11.1 Å². The van der Waals surface area contributed by atoms with Gasteiger partial charge in [-0.15, -0.1) is 0 Å². The summed E-state index contributed by atoms with van der Waals surface area (Å²) in [6.07, 6.45) is 0.754. The molecule has 0 saturated carbocycles. The van der Waals surface area contributed by atoms with E-state index in [-0.39, 0.29) is 6.04 Å². The highest BCUT2D eigenvalue weighted by Gasteiger charge is 2.27. The zero-order valence-corrected chi connectivity index (χ0v) is 13.1. The smallest absolute Gasteiger partial charge is 0.151 e. The minimum atomic E-state index is -2.77. The molecule has 20 heavy (non-hydrogen) atoms. The summed E-state index contributed by atoms with van der Waals surface area (Å²) in [7, 11) is -0.685. The van der Waals surface area contributed by atoms with Crippen LogP contribution in [0.5, 0.6) is 0 Å². The van der Waals surface area contributed by atoms with Crippen LogP contribution in [-0.2, 0) is 16.4 Å². The molecule has 0 spiro atoms. The van der Waals surface area contributed by atoms with Crippen LogP contribution in [0.1, 0.15) is 17.5 Å². The van der Waals surface area contributed by atoms with Gasteiger partial charge in [0.05, 0.1) is 11.5 Å². The maximum Gasteiger partial charge on any atom is 0.151 e. The molecule has 1 aromatic carbocycles. The van der Waals surface area contributed by atoms with Crippen molar-refractivity contribution < 1.29 is 8.42 Å². The number of sulfone groups is 1. The third kappa shape index (κ3) is 4.89. The predicted octanol–water partition coefficient (Wildman–Crippen LogP) is 1.20. The fraction of sp³-hybridized carbons (Fsp3) is 0.600. The Hall–Kier alpha value is -0.910. The van der Waals surface area contributed by atoms with Crippen molar-refractivity contribution in [1.29, 1.82) is 0 Å². The van der Waals surface area contributed by atoms with Gasteiger partial charge in [0.15, 0.2) is 9.84 Å². The van der Waals surface area contributed by atoms with Gasteiger partial charge in [0.25, 0.3) is 0 Å². The Balaban J connectivity index is 1.68. The van der Waals surface area contributed by atoms with Gasteiger partial charge in [-0.05, 0) is 26.0 Å². The minimum Gasteiger partial charge on any atom is -0.312 e. The second-order valence-corrected chi connectivity index (χ2v) is 8.01. The molecule has 1 aromatic rings. The van der Waals surface area contributed by atoms with Crippen molar-refractivity contribution in [3.63, 3.8) is 0 Å². The second-order valence-electron chi connectivity index (χ2n) is 5.78. The van der Waals surface area contributed by atoms with Crippen LogP contribution in [0.3, 0.4) is 0 Å². The summed E-state index contributed by atoms with van der Waals surface area (Å²) in [5, 5.41) is 3.34. The molecular formula is C15H24N2O2S. The first-order valence-corrected chi connectivity index (χ1v) is 8.95. The van der Waals surface area contributed by atoms with Crippen molar-refractivity contribution in [1.82, 2.24) is 10.2 Å². The van der Waals surface area contributed by atoms with Gasteiger partial charge in [-0.25, -0.2) is 8.42 Å². The summed E-state index contributed by atoms with van der Waals surface area (Å²) < 4.78 is 22.7. The average molecular weight is 296 g/mol. The molecule has 1 fully saturated rings. The first kappa shape index (κ1) is 15.5. The van der Waals surface area contributed by atoms with Gasteiger partial charge < -0.3 is 10.2 Å². The molecule has 0 aliphatic carbocycles. The monoisotopic (exact) mass is 296 g/mol. The van der Waals surface area contributed by atoms with Crippen LogP contribution in [-0.4, -0.2) is 51.0 Å². The summed E-state index contributed by atoms with van der Waals surface area (Å²) in [4.78, 5) is 2.25. The number of likely N-dealkylation sites (N-methyl/N-ethyl adjacent to an activating group) is 1. The Morgan fingerprint density at radius 1 is 1.30 bits per heavy atom. The Labute approximate surface area is 122 Å². The first-order valence-electron chi connectivity index (χ1n) is 7.12. The van der Waals surface area contributed by atoms with Gasteiger partial charge in [0, 0.05) is 25.7 Å². The molecule has 4 nitrogen and oxygen atoms in total. The molecule has 1 N–H and O–H groups in total. The molecule has 112 valence electrons. The van der Waals surface area contributed by atoms with E-state index in [2.05, 4.69) is 48.5 Å². The first-order chi connectivity index (χ1) is 9.44. The fourth-order valence-corrected chi connectivity index (χ4v) is 4.21. The Morgan fingerprint density at radius 2 is 2.00 bits per heavy atom. The molecule has 1 aliphatic rings. The second kappa shape index (κ2) is 6.70. The van der Waals surface area contributed by atoms with E-state index in [0.717, 1.165) is 26.1 Å². The lowest BCUT2D eigenvalue weighted by molar-refractivity contribution is 0.318. The number of nitrogens with one attached hydrogen (secondary N) is 1. The van der Waals surface area contributed by atoms with Crippen LogP contribution in [0.15, 0.2) is 24.3 Å². The van der Waals surface area contributed by atoms with Gasteiger partial charge >= 0.3 is 0 Å². The van der Waals surface area contributed by atoms with Crippen molar-refractivity contribution in [3.8, 4) is 0 Å². The third-order valence-corrected chi connectivity index (χ3v) is 5.50. The van der Waals surface area contributed by atoms with Crippen LogP contribution in [0.4, 0.5) is 0 Å². The molecule has 1 atom stereocenters. The van der Waals surface area contributed by atoms with Crippen molar-refractivity contribution in [2.75, 3.05) is 31.6 Å². The lowest BCUT2D eigenvalue weighted by Crippen LogP contribution is -2.36. The summed E-state index contributed by atoms with van der Waals surface area (Å²) in [5.74, 6) is 0.637. The zero-order chi connectivity index (χ0) is 14.6. The van der Waals surface area contributed by atoms with E-state index in [9.17, 15) is 8.42 Å². The average Bonchev–Trinajstić information content (AvgIpc) is 2.72. The van der Waals surface area contributed by atoms with E-state index < -0.39 is 9.84 Å². The Bertz CT molecular complexity index is 525. The molecule has 1 saturated heterocycles. The fourth-order valence-electron chi connectivity index (χ4n) is 2.50. The zero-order valence-electron chi connectivity index (χ0n) is 12.3. The molecule has 0 amide bonds. The lowest BCUT2D eigenvalue weighted by Gasteiger charge is -2.18. The summed E-state index contributed by atoms with van der Waals surface area (Å²) >= 11 is 0. The quantitative estimate of drug-likeness (QED) is 0.857. The molecular weight excluding hydrogens is 272 g/mol. The maximum absolute atomic E-state index is 11.4. The number of nitrogens with zero attached hydrogens (tertiary/aromatic N) is 1. The largest absolute Gasteiger partial charge is 0.312 e. The highest BCUT2D eigenvalue weighted by Crippen LogP contribution is 2.11. The number of benzene rings is 1. The topological polar surface area (TPSA) is 49.4 Å². The standard InChI is InChI=1S/C15H24N2O2S/c1-13-3-5-14(6-4-13)11-17(2)9-8-16-15-7-10-20(18,19)12-15/h3-6,15-16H,7-12H2,1-2H3. The highest BCUT2D eigenvalue weighted by molar-refractivity contribution is 7.91. The number of rotatable bonds is 6.